The minimum absolute atomic E-state index is 0.306. The van der Waals surface area contributed by atoms with Crippen molar-refractivity contribution in [3.8, 4) is 33.6 Å². The lowest BCUT2D eigenvalue weighted by molar-refractivity contribution is 0.544. The smallest absolute Gasteiger partial charge is 0.220 e. The maximum atomic E-state index is 6.36. The maximum absolute atomic E-state index is 6.36. The van der Waals surface area contributed by atoms with Gasteiger partial charge >= 0.3 is 0 Å². The highest BCUT2D eigenvalue weighted by molar-refractivity contribution is 5.89. The van der Waals surface area contributed by atoms with Crippen LogP contribution in [-0.2, 0) is 6.54 Å². The van der Waals surface area contributed by atoms with Crippen molar-refractivity contribution >= 4 is 5.95 Å². The normalized spacial score (nSPS) is 12.1. The van der Waals surface area contributed by atoms with E-state index in [1.807, 2.05) is 29.1 Å². The molecule has 1 aromatic carbocycles. The van der Waals surface area contributed by atoms with E-state index in [4.69, 9.17) is 20.8 Å². The summed E-state index contributed by atoms with van der Waals surface area (Å²) in [5, 5.41) is 4.87. The van der Waals surface area contributed by atoms with Crippen LogP contribution in [0.2, 0.25) is 0 Å². The Morgan fingerprint density at radius 1 is 0.912 bits per heavy atom. The van der Waals surface area contributed by atoms with Gasteiger partial charge in [-0.25, -0.2) is 9.97 Å². The molecule has 0 aliphatic carbocycles. The summed E-state index contributed by atoms with van der Waals surface area (Å²) in [5.74, 6) is 0.619. The Kier molecular flexibility index (Phi) is 7.68. The Hall–Kier alpha value is -3.54. The maximum Gasteiger partial charge on any atom is 0.220 e. The van der Waals surface area contributed by atoms with Crippen molar-refractivity contribution in [1.82, 2.24) is 24.7 Å². The van der Waals surface area contributed by atoms with Crippen LogP contribution in [0.4, 0.5) is 5.95 Å². The van der Waals surface area contributed by atoms with Crippen molar-refractivity contribution < 1.29 is 0 Å². The molecule has 34 heavy (non-hydrogen) atoms. The Balaban J connectivity index is 1.97. The Morgan fingerprint density at radius 3 is 2.38 bits per heavy atom. The van der Waals surface area contributed by atoms with Crippen molar-refractivity contribution in [2.75, 3.05) is 5.73 Å². The highest BCUT2D eigenvalue weighted by Gasteiger charge is 2.25. The molecular formula is C28H34N6. The van der Waals surface area contributed by atoms with Crippen molar-refractivity contribution in [3.05, 3.63) is 66.7 Å². The number of rotatable bonds is 10. The Labute approximate surface area is 202 Å². The molecule has 0 aliphatic heterocycles. The molecule has 2 N–H and O–H groups in total. The monoisotopic (exact) mass is 454 g/mol. The molecule has 3 heterocycles. The van der Waals surface area contributed by atoms with Gasteiger partial charge in [0.15, 0.2) is 0 Å². The first-order chi connectivity index (χ1) is 16.7. The molecule has 0 fully saturated rings. The number of hydrogen-bond acceptors (Lipinski definition) is 5. The topological polar surface area (TPSA) is 82.5 Å². The van der Waals surface area contributed by atoms with E-state index in [-0.39, 0.29) is 0 Å². The molecule has 4 rings (SSSR count). The van der Waals surface area contributed by atoms with E-state index in [0.29, 0.717) is 11.9 Å². The average Bonchev–Trinajstić information content (AvgIpc) is 3.32. The van der Waals surface area contributed by atoms with E-state index in [0.717, 1.165) is 58.7 Å². The van der Waals surface area contributed by atoms with Crippen LogP contribution in [-0.4, -0.2) is 24.7 Å². The van der Waals surface area contributed by atoms with Gasteiger partial charge in [-0.2, -0.15) is 5.10 Å². The predicted molar refractivity (Wildman–Crippen MR) is 139 cm³/mol. The fourth-order valence-electron chi connectivity index (χ4n) is 4.52. The molecule has 0 bridgehead atoms. The van der Waals surface area contributed by atoms with Crippen molar-refractivity contribution in [2.45, 2.75) is 65.3 Å². The molecule has 6 heteroatoms. The van der Waals surface area contributed by atoms with Crippen LogP contribution in [0.25, 0.3) is 33.6 Å². The highest BCUT2D eigenvalue weighted by Crippen LogP contribution is 2.41. The molecule has 1 atom stereocenters. The minimum atomic E-state index is 0.306. The summed E-state index contributed by atoms with van der Waals surface area (Å²) in [4.78, 5) is 14.0. The standard InChI is InChI=1S/C28H34N6/c1-4-7-9-13-20(5-2)26-24(21-14-10-8-11-15-21)27(32-28(29)31-26)23-19-34(6-3)33-25(23)22-16-12-17-30-18-22/h8,10-12,14-20H,4-7,9,13H2,1-3H3,(H2,29,31,32). The van der Waals surface area contributed by atoms with E-state index in [9.17, 15) is 0 Å². The molecule has 1 unspecified atom stereocenters. The van der Waals surface area contributed by atoms with E-state index >= 15 is 0 Å². The zero-order valence-corrected chi connectivity index (χ0v) is 20.4. The van der Waals surface area contributed by atoms with Gasteiger partial charge in [-0.1, -0.05) is 63.4 Å². The second-order valence-corrected chi connectivity index (χ2v) is 8.65. The van der Waals surface area contributed by atoms with Crippen LogP contribution in [0.3, 0.4) is 0 Å². The van der Waals surface area contributed by atoms with Gasteiger partial charge in [0.25, 0.3) is 0 Å². The second kappa shape index (κ2) is 11.1. The van der Waals surface area contributed by atoms with Gasteiger partial charge in [0.05, 0.1) is 11.4 Å². The quantitative estimate of drug-likeness (QED) is 0.268. The molecule has 4 aromatic rings. The van der Waals surface area contributed by atoms with Gasteiger partial charge in [-0.05, 0) is 37.5 Å². The fraction of sp³-hybridized carbons (Fsp3) is 0.357. The van der Waals surface area contributed by atoms with E-state index in [1.54, 1.807) is 6.20 Å². The van der Waals surface area contributed by atoms with Crippen molar-refractivity contribution in [1.29, 1.82) is 0 Å². The number of hydrogen-bond donors (Lipinski definition) is 1. The van der Waals surface area contributed by atoms with E-state index in [1.165, 1.54) is 19.3 Å². The summed E-state index contributed by atoms with van der Waals surface area (Å²) >= 11 is 0. The fourth-order valence-corrected chi connectivity index (χ4v) is 4.52. The number of unbranched alkanes of at least 4 members (excludes halogenated alkanes) is 2. The first-order valence-electron chi connectivity index (χ1n) is 12.4. The van der Waals surface area contributed by atoms with Crippen LogP contribution >= 0.6 is 0 Å². The molecule has 0 radical (unpaired) electrons. The van der Waals surface area contributed by atoms with Crippen LogP contribution < -0.4 is 5.73 Å². The lowest BCUT2D eigenvalue weighted by Crippen LogP contribution is -2.09. The SMILES string of the molecule is CCCCCC(CC)c1nc(N)nc(-c2cn(CC)nc2-c2cccnc2)c1-c1ccccc1. The zero-order valence-electron chi connectivity index (χ0n) is 20.4. The van der Waals surface area contributed by atoms with Crippen molar-refractivity contribution in [2.24, 2.45) is 0 Å². The molecule has 3 aromatic heterocycles. The molecule has 0 saturated heterocycles. The third-order valence-electron chi connectivity index (χ3n) is 6.33. The number of nitrogens with two attached hydrogens (primary N) is 1. The summed E-state index contributed by atoms with van der Waals surface area (Å²) in [6, 6.07) is 14.4. The summed E-state index contributed by atoms with van der Waals surface area (Å²) in [6.45, 7) is 7.32. The van der Waals surface area contributed by atoms with Gasteiger partial charge in [0.1, 0.15) is 5.69 Å². The van der Waals surface area contributed by atoms with Gasteiger partial charge in [0.2, 0.25) is 5.95 Å². The third kappa shape index (κ3) is 5.01. The number of aryl methyl sites for hydroxylation is 1. The molecule has 6 nitrogen and oxygen atoms in total. The summed E-state index contributed by atoms with van der Waals surface area (Å²) in [7, 11) is 0. The van der Waals surface area contributed by atoms with Gasteiger partial charge < -0.3 is 5.73 Å². The van der Waals surface area contributed by atoms with Gasteiger partial charge in [-0.15, -0.1) is 0 Å². The number of benzene rings is 1. The minimum Gasteiger partial charge on any atom is -0.368 e. The Morgan fingerprint density at radius 2 is 1.71 bits per heavy atom. The number of aromatic nitrogens is 5. The first kappa shape index (κ1) is 23.6. The van der Waals surface area contributed by atoms with Crippen LogP contribution in [0, 0.1) is 0 Å². The summed E-state index contributed by atoms with van der Waals surface area (Å²) in [6.07, 6.45) is 11.4. The zero-order chi connectivity index (χ0) is 23.9. The second-order valence-electron chi connectivity index (χ2n) is 8.65. The summed E-state index contributed by atoms with van der Waals surface area (Å²) < 4.78 is 1.95. The van der Waals surface area contributed by atoms with Crippen LogP contribution in [0.15, 0.2) is 61.1 Å². The number of nitrogens with zero attached hydrogens (tertiary/aromatic N) is 5. The molecule has 0 spiro atoms. The van der Waals surface area contributed by atoms with E-state index < -0.39 is 0 Å². The number of pyridine rings is 1. The third-order valence-corrected chi connectivity index (χ3v) is 6.33. The van der Waals surface area contributed by atoms with Gasteiger partial charge in [0, 0.05) is 47.7 Å². The molecule has 176 valence electrons. The Bertz CT molecular complexity index is 1200. The molecule has 0 amide bonds. The largest absolute Gasteiger partial charge is 0.368 e. The van der Waals surface area contributed by atoms with E-state index in [2.05, 4.69) is 56.2 Å². The molecular weight excluding hydrogens is 420 g/mol. The van der Waals surface area contributed by atoms with Crippen molar-refractivity contribution in [3.63, 3.8) is 0 Å². The highest BCUT2D eigenvalue weighted by atomic mass is 15.3. The molecule has 0 aliphatic rings. The van der Waals surface area contributed by atoms with Gasteiger partial charge in [-0.3, -0.25) is 9.67 Å². The predicted octanol–water partition coefficient (Wildman–Crippen LogP) is 6.75. The average molecular weight is 455 g/mol. The summed E-state index contributed by atoms with van der Waals surface area (Å²) in [5.41, 5.74) is 13.1. The molecule has 0 saturated carbocycles. The lowest BCUT2D eigenvalue weighted by atomic mass is 9.87. The number of anilines is 1. The lowest BCUT2D eigenvalue weighted by Gasteiger charge is -2.21. The number of nitrogen functional groups attached to an aromatic ring is 1. The van der Waals surface area contributed by atoms with Crippen LogP contribution in [0.1, 0.15) is 64.5 Å². The first-order valence-corrected chi connectivity index (χ1v) is 12.4. The van der Waals surface area contributed by atoms with Crippen LogP contribution in [0.5, 0.6) is 0 Å².